The van der Waals surface area contributed by atoms with Gasteiger partial charge in [-0.25, -0.2) is 0 Å². The van der Waals surface area contributed by atoms with Crippen molar-refractivity contribution in [1.29, 1.82) is 0 Å². The van der Waals surface area contributed by atoms with Crippen LogP contribution in [0.3, 0.4) is 0 Å². The first kappa shape index (κ1) is 23.0. The van der Waals surface area contributed by atoms with Gasteiger partial charge in [0.2, 0.25) is 0 Å². The van der Waals surface area contributed by atoms with E-state index >= 15 is 0 Å². The average Bonchev–Trinajstić information content (AvgIpc) is 2.70. The van der Waals surface area contributed by atoms with Crippen molar-refractivity contribution in [2.45, 2.75) is 32.3 Å². The van der Waals surface area contributed by atoms with E-state index in [2.05, 4.69) is 48.8 Å². The maximum Gasteiger partial charge on any atom is 0.133 e. The highest BCUT2D eigenvalue weighted by Crippen LogP contribution is 2.36. The lowest BCUT2D eigenvalue weighted by molar-refractivity contribution is 0.0536. The molecule has 6 heteroatoms. The smallest absolute Gasteiger partial charge is 0.133 e. The predicted molar refractivity (Wildman–Crippen MR) is 117 cm³/mol. The molecular formula is C22H28BrClO4. The van der Waals surface area contributed by atoms with Crippen molar-refractivity contribution in [3.8, 4) is 11.5 Å². The zero-order valence-corrected chi connectivity index (χ0v) is 18.8. The Kier molecular flexibility index (Phi) is 8.62. The molecule has 0 aromatic heterocycles. The lowest BCUT2D eigenvalue weighted by Crippen LogP contribution is -2.21. The van der Waals surface area contributed by atoms with E-state index in [9.17, 15) is 5.11 Å². The number of alkyl halides is 1. The topological polar surface area (TPSA) is 58.9 Å². The summed E-state index contributed by atoms with van der Waals surface area (Å²) in [5, 5.41) is 18.2. The van der Waals surface area contributed by atoms with Gasteiger partial charge in [0.15, 0.2) is 0 Å². The van der Waals surface area contributed by atoms with Gasteiger partial charge in [-0.2, -0.15) is 0 Å². The second kappa shape index (κ2) is 10.5. The summed E-state index contributed by atoms with van der Waals surface area (Å²) in [5.41, 5.74) is 2.08. The molecule has 0 radical (unpaired) electrons. The van der Waals surface area contributed by atoms with E-state index in [4.69, 9.17) is 26.2 Å². The van der Waals surface area contributed by atoms with E-state index in [0.717, 1.165) is 21.3 Å². The quantitative estimate of drug-likeness (QED) is 0.491. The van der Waals surface area contributed by atoms with Crippen molar-refractivity contribution in [3.05, 3.63) is 58.1 Å². The van der Waals surface area contributed by atoms with Crippen LogP contribution in [0.2, 0.25) is 0 Å². The van der Waals surface area contributed by atoms with Crippen LogP contribution >= 0.6 is 27.5 Å². The minimum atomic E-state index is -0.873. The zero-order chi connectivity index (χ0) is 20.7. The number of hydrogen-bond acceptors (Lipinski definition) is 4. The lowest BCUT2D eigenvalue weighted by Gasteiger charge is -2.27. The number of halogens is 2. The highest BCUT2D eigenvalue weighted by Gasteiger charge is 2.24. The molecule has 0 aliphatic carbocycles. The summed E-state index contributed by atoms with van der Waals surface area (Å²) in [4.78, 5) is 0. The molecule has 4 nitrogen and oxygen atoms in total. The average molecular weight is 472 g/mol. The van der Waals surface area contributed by atoms with Gasteiger partial charge in [0.05, 0.1) is 17.7 Å². The Bertz CT molecular complexity index is 749. The van der Waals surface area contributed by atoms with E-state index in [1.165, 1.54) is 0 Å². The largest absolute Gasteiger partial charge is 0.492 e. The van der Waals surface area contributed by atoms with Gasteiger partial charge in [0.1, 0.15) is 24.2 Å². The summed E-state index contributed by atoms with van der Waals surface area (Å²) < 4.78 is 12.2. The van der Waals surface area contributed by atoms with Crippen molar-refractivity contribution >= 4 is 27.5 Å². The molecular weight excluding hydrogens is 444 g/mol. The van der Waals surface area contributed by atoms with Crippen molar-refractivity contribution in [1.82, 2.24) is 0 Å². The minimum Gasteiger partial charge on any atom is -0.492 e. The first-order valence-corrected chi connectivity index (χ1v) is 10.6. The fourth-order valence-electron chi connectivity index (χ4n) is 2.66. The van der Waals surface area contributed by atoms with Crippen LogP contribution < -0.4 is 9.47 Å². The molecule has 2 aromatic carbocycles. The van der Waals surface area contributed by atoms with Crippen LogP contribution in [0, 0.1) is 5.92 Å². The maximum absolute atomic E-state index is 9.39. The number of benzene rings is 2. The van der Waals surface area contributed by atoms with Crippen LogP contribution in [0.1, 0.15) is 31.9 Å². The van der Waals surface area contributed by atoms with Gasteiger partial charge in [-0.1, -0.05) is 39.0 Å². The molecule has 0 aliphatic rings. The normalized spacial score (nSPS) is 13.8. The summed E-state index contributed by atoms with van der Waals surface area (Å²) >= 11 is 9.45. The standard InChI is InChI=1S/C22H28BrClO4/c1-15(11-24)13-28-21-9-6-17(10-20(21)23)22(2,3)16-4-7-19(8-5-16)27-14-18(26)12-25/h4-10,15,18,25-26H,11-14H2,1-3H3/t15-,18-/m0/s1. The number of rotatable bonds is 10. The molecule has 0 amide bonds. The van der Waals surface area contributed by atoms with Crippen LogP contribution in [0.4, 0.5) is 0 Å². The Morgan fingerprint density at radius 3 is 2.25 bits per heavy atom. The molecule has 0 bridgehead atoms. The van der Waals surface area contributed by atoms with E-state index in [0.29, 0.717) is 24.2 Å². The Hall–Kier alpha value is -1.27. The van der Waals surface area contributed by atoms with Crippen molar-refractivity contribution < 1.29 is 19.7 Å². The molecule has 0 fully saturated rings. The van der Waals surface area contributed by atoms with Crippen LogP contribution in [0.15, 0.2) is 46.9 Å². The van der Waals surface area contributed by atoms with E-state index in [1.54, 1.807) is 0 Å². The molecule has 0 saturated carbocycles. The molecule has 0 spiro atoms. The maximum atomic E-state index is 9.39. The van der Waals surface area contributed by atoms with Crippen molar-refractivity contribution in [2.24, 2.45) is 5.92 Å². The number of aliphatic hydroxyl groups excluding tert-OH is 2. The summed E-state index contributed by atoms with van der Waals surface area (Å²) in [6, 6.07) is 13.9. The predicted octanol–water partition coefficient (Wildman–Crippen LogP) is 4.76. The molecule has 0 heterocycles. The molecule has 2 atom stereocenters. The highest BCUT2D eigenvalue weighted by molar-refractivity contribution is 9.10. The minimum absolute atomic E-state index is 0.0655. The van der Waals surface area contributed by atoms with Gasteiger partial charge in [0.25, 0.3) is 0 Å². The first-order chi connectivity index (χ1) is 13.3. The number of ether oxygens (including phenoxy) is 2. The third-order valence-corrected chi connectivity index (χ3v) is 5.82. The van der Waals surface area contributed by atoms with Gasteiger partial charge in [-0.05, 0) is 51.3 Å². The summed E-state index contributed by atoms with van der Waals surface area (Å²) in [6.07, 6.45) is -0.873. The molecule has 2 N–H and O–H groups in total. The second-order valence-electron chi connectivity index (χ2n) is 7.51. The SMILES string of the molecule is C[C@@H](CCl)COc1ccc(C(C)(C)c2ccc(OC[C@@H](O)CO)cc2)cc1Br. The molecule has 0 unspecified atom stereocenters. The zero-order valence-electron chi connectivity index (χ0n) is 16.5. The third kappa shape index (κ3) is 6.11. The highest BCUT2D eigenvalue weighted by atomic mass is 79.9. The van der Waals surface area contributed by atoms with Gasteiger partial charge in [-0.3, -0.25) is 0 Å². The first-order valence-electron chi connectivity index (χ1n) is 9.29. The molecule has 2 aromatic rings. The number of hydrogen-bond donors (Lipinski definition) is 2. The summed E-state index contributed by atoms with van der Waals surface area (Å²) in [6.45, 7) is 6.71. The summed E-state index contributed by atoms with van der Waals surface area (Å²) in [7, 11) is 0. The van der Waals surface area contributed by atoms with Gasteiger partial charge < -0.3 is 19.7 Å². The third-order valence-electron chi connectivity index (χ3n) is 4.67. The van der Waals surface area contributed by atoms with Gasteiger partial charge in [0, 0.05) is 17.2 Å². The van der Waals surface area contributed by atoms with Crippen LogP contribution in [-0.2, 0) is 5.41 Å². The van der Waals surface area contributed by atoms with Gasteiger partial charge >= 0.3 is 0 Å². The fourth-order valence-corrected chi connectivity index (χ4v) is 3.25. The molecule has 0 saturated heterocycles. The van der Waals surface area contributed by atoms with E-state index in [-0.39, 0.29) is 18.6 Å². The fraction of sp³-hybridized carbons (Fsp3) is 0.455. The Labute approximate surface area is 180 Å². The second-order valence-corrected chi connectivity index (χ2v) is 8.68. The Balaban J connectivity index is 2.11. The molecule has 154 valence electrons. The monoisotopic (exact) mass is 470 g/mol. The van der Waals surface area contributed by atoms with Crippen LogP contribution in [0.5, 0.6) is 11.5 Å². The van der Waals surface area contributed by atoms with Gasteiger partial charge in [-0.15, -0.1) is 11.6 Å². The van der Waals surface area contributed by atoms with Crippen LogP contribution in [-0.4, -0.2) is 42.0 Å². The van der Waals surface area contributed by atoms with Crippen molar-refractivity contribution in [2.75, 3.05) is 25.7 Å². The molecule has 28 heavy (non-hydrogen) atoms. The molecule has 2 rings (SSSR count). The van der Waals surface area contributed by atoms with Crippen molar-refractivity contribution in [3.63, 3.8) is 0 Å². The number of aliphatic hydroxyl groups is 2. The van der Waals surface area contributed by atoms with E-state index < -0.39 is 6.10 Å². The Morgan fingerprint density at radius 2 is 1.68 bits per heavy atom. The Morgan fingerprint density at radius 1 is 1.04 bits per heavy atom. The van der Waals surface area contributed by atoms with E-state index in [1.807, 2.05) is 30.3 Å². The summed E-state index contributed by atoms with van der Waals surface area (Å²) in [5.74, 6) is 2.33. The van der Waals surface area contributed by atoms with Crippen LogP contribution in [0.25, 0.3) is 0 Å². The molecule has 0 aliphatic heterocycles. The lowest BCUT2D eigenvalue weighted by atomic mass is 9.78.